The molecule has 0 unspecified atom stereocenters. The van der Waals surface area contributed by atoms with Crippen molar-refractivity contribution in [3.8, 4) is 0 Å². The minimum absolute atomic E-state index is 0.132. The van der Waals surface area contributed by atoms with Gasteiger partial charge in [0.25, 0.3) is 5.92 Å². The number of rotatable bonds is 7. The lowest BCUT2D eigenvalue weighted by molar-refractivity contribution is -0.170. The molecule has 84 valence electrons. The third-order valence-electron chi connectivity index (χ3n) is 1.95. The van der Waals surface area contributed by atoms with E-state index in [1.54, 1.807) is 0 Å². The Balaban J connectivity index is 2.05. The largest absolute Gasteiger partial charge is 0.376 e. The Morgan fingerprint density at radius 3 is 2.71 bits per heavy atom. The van der Waals surface area contributed by atoms with Crippen molar-refractivity contribution < 1.29 is 18.3 Å². The molecule has 0 saturated carbocycles. The summed E-state index contributed by atoms with van der Waals surface area (Å²) in [7, 11) is 0. The standard InChI is InChI=1S/C9H17F2NO2/c1-2-3-12-6-9(10,11)7-14-8-4-13-5-8/h8,12H,2-7H2,1H3. The van der Waals surface area contributed by atoms with Crippen LogP contribution in [0.25, 0.3) is 0 Å². The Bertz CT molecular complexity index is 163. The van der Waals surface area contributed by atoms with Gasteiger partial charge in [0.1, 0.15) is 12.7 Å². The molecule has 1 fully saturated rings. The molecule has 1 N–H and O–H groups in total. The van der Waals surface area contributed by atoms with E-state index in [9.17, 15) is 8.78 Å². The second-order valence-electron chi connectivity index (χ2n) is 3.50. The minimum Gasteiger partial charge on any atom is -0.376 e. The molecule has 14 heavy (non-hydrogen) atoms. The first-order valence-corrected chi connectivity index (χ1v) is 4.92. The summed E-state index contributed by atoms with van der Waals surface area (Å²) in [5.41, 5.74) is 0. The third-order valence-corrected chi connectivity index (χ3v) is 1.95. The van der Waals surface area contributed by atoms with Gasteiger partial charge in [0, 0.05) is 0 Å². The highest BCUT2D eigenvalue weighted by molar-refractivity contribution is 4.72. The quantitative estimate of drug-likeness (QED) is 0.635. The number of ether oxygens (including phenoxy) is 2. The molecule has 0 aliphatic carbocycles. The van der Waals surface area contributed by atoms with Crippen molar-refractivity contribution in [3.63, 3.8) is 0 Å². The van der Waals surface area contributed by atoms with Crippen molar-refractivity contribution in [1.29, 1.82) is 0 Å². The van der Waals surface area contributed by atoms with Gasteiger partial charge in [0.2, 0.25) is 0 Å². The molecule has 1 rings (SSSR count). The van der Waals surface area contributed by atoms with Gasteiger partial charge < -0.3 is 14.8 Å². The molecule has 1 saturated heterocycles. The lowest BCUT2D eigenvalue weighted by atomic mass is 10.3. The van der Waals surface area contributed by atoms with Crippen LogP contribution >= 0.6 is 0 Å². The molecule has 5 heteroatoms. The van der Waals surface area contributed by atoms with Gasteiger partial charge in [-0.25, -0.2) is 8.78 Å². The molecule has 0 spiro atoms. The van der Waals surface area contributed by atoms with Crippen LogP contribution in [0.2, 0.25) is 0 Å². The van der Waals surface area contributed by atoms with Gasteiger partial charge >= 0.3 is 0 Å². The summed E-state index contributed by atoms with van der Waals surface area (Å²) in [5, 5.41) is 2.67. The topological polar surface area (TPSA) is 30.5 Å². The average molecular weight is 209 g/mol. The first-order chi connectivity index (χ1) is 6.64. The summed E-state index contributed by atoms with van der Waals surface area (Å²) in [4.78, 5) is 0. The van der Waals surface area contributed by atoms with Crippen molar-refractivity contribution in [3.05, 3.63) is 0 Å². The molecule has 3 nitrogen and oxygen atoms in total. The van der Waals surface area contributed by atoms with E-state index in [0.717, 1.165) is 6.42 Å². The van der Waals surface area contributed by atoms with Crippen LogP contribution in [0.3, 0.4) is 0 Å². The number of nitrogens with one attached hydrogen (secondary N) is 1. The summed E-state index contributed by atoms with van der Waals surface area (Å²) >= 11 is 0. The lowest BCUT2D eigenvalue weighted by Gasteiger charge is -2.28. The molecular weight excluding hydrogens is 192 g/mol. The Kier molecular flexibility index (Phi) is 4.71. The monoisotopic (exact) mass is 209 g/mol. The van der Waals surface area contributed by atoms with Gasteiger partial charge in [0.15, 0.2) is 0 Å². The fourth-order valence-electron chi connectivity index (χ4n) is 1.05. The summed E-state index contributed by atoms with van der Waals surface area (Å²) in [6, 6.07) is 0. The van der Waals surface area contributed by atoms with Crippen molar-refractivity contribution in [1.82, 2.24) is 5.32 Å². The van der Waals surface area contributed by atoms with Gasteiger partial charge in [-0.15, -0.1) is 0 Å². The molecule has 0 aromatic heterocycles. The lowest BCUT2D eigenvalue weighted by Crippen LogP contribution is -2.43. The van der Waals surface area contributed by atoms with Crippen molar-refractivity contribution in [2.45, 2.75) is 25.4 Å². The highest BCUT2D eigenvalue weighted by atomic mass is 19.3. The van der Waals surface area contributed by atoms with E-state index in [0.29, 0.717) is 19.8 Å². The van der Waals surface area contributed by atoms with E-state index in [1.165, 1.54) is 0 Å². The fourth-order valence-corrected chi connectivity index (χ4v) is 1.05. The molecule has 0 aromatic carbocycles. The SMILES string of the molecule is CCCNCC(F)(F)COC1COC1. The van der Waals surface area contributed by atoms with Gasteiger partial charge in [-0.1, -0.05) is 6.92 Å². The van der Waals surface area contributed by atoms with Crippen molar-refractivity contribution in [2.75, 3.05) is 32.9 Å². The fraction of sp³-hybridized carbons (Fsp3) is 1.00. The second kappa shape index (κ2) is 5.58. The van der Waals surface area contributed by atoms with Crippen LogP contribution in [0, 0.1) is 0 Å². The normalized spacial score (nSPS) is 18.2. The van der Waals surface area contributed by atoms with Gasteiger partial charge in [-0.2, -0.15) is 0 Å². The van der Waals surface area contributed by atoms with Gasteiger partial charge in [0.05, 0.1) is 19.8 Å². The van der Waals surface area contributed by atoms with E-state index in [1.807, 2.05) is 6.92 Å². The number of alkyl halides is 2. The number of hydrogen-bond acceptors (Lipinski definition) is 3. The van der Waals surface area contributed by atoms with Gasteiger partial charge in [-0.3, -0.25) is 0 Å². The summed E-state index contributed by atoms with van der Waals surface area (Å²) in [5.74, 6) is -2.77. The van der Waals surface area contributed by atoms with Crippen LogP contribution in [0.5, 0.6) is 0 Å². The highest BCUT2D eigenvalue weighted by Gasteiger charge is 2.31. The maximum atomic E-state index is 13.0. The van der Waals surface area contributed by atoms with Crippen LogP contribution in [-0.2, 0) is 9.47 Å². The van der Waals surface area contributed by atoms with Crippen LogP contribution in [-0.4, -0.2) is 44.9 Å². The smallest absolute Gasteiger partial charge is 0.283 e. The van der Waals surface area contributed by atoms with Crippen LogP contribution in [0.4, 0.5) is 8.78 Å². The van der Waals surface area contributed by atoms with E-state index >= 15 is 0 Å². The summed E-state index contributed by atoms with van der Waals surface area (Å²) in [6.07, 6.45) is 0.722. The third kappa shape index (κ3) is 4.30. The Morgan fingerprint density at radius 2 is 2.21 bits per heavy atom. The average Bonchev–Trinajstić information content (AvgIpc) is 2.01. The zero-order valence-electron chi connectivity index (χ0n) is 8.39. The highest BCUT2D eigenvalue weighted by Crippen LogP contribution is 2.15. The predicted octanol–water partition coefficient (Wildman–Crippen LogP) is 1.04. The van der Waals surface area contributed by atoms with E-state index in [2.05, 4.69) is 5.32 Å². The number of hydrogen-bond donors (Lipinski definition) is 1. The van der Waals surface area contributed by atoms with E-state index in [-0.39, 0.29) is 12.6 Å². The van der Waals surface area contributed by atoms with E-state index in [4.69, 9.17) is 9.47 Å². The van der Waals surface area contributed by atoms with Gasteiger partial charge in [-0.05, 0) is 13.0 Å². The summed E-state index contributed by atoms with van der Waals surface area (Å²) < 4.78 is 35.9. The molecule has 1 aliphatic heterocycles. The van der Waals surface area contributed by atoms with Crippen LogP contribution < -0.4 is 5.32 Å². The zero-order valence-corrected chi connectivity index (χ0v) is 8.39. The molecule has 1 heterocycles. The molecule has 0 atom stereocenters. The maximum absolute atomic E-state index is 13.0. The first kappa shape index (κ1) is 11.8. The minimum atomic E-state index is -2.77. The molecule has 0 radical (unpaired) electrons. The second-order valence-corrected chi connectivity index (χ2v) is 3.50. The Morgan fingerprint density at radius 1 is 1.50 bits per heavy atom. The van der Waals surface area contributed by atoms with E-state index < -0.39 is 12.5 Å². The van der Waals surface area contributed by atoms with Crippen molar-refractivity contribution >= 4 is 0 Å². The molecular formula is C9H17F2NO2. The van der Waals surface area contributed by atoms with Crippen molar-refractivity contribution in [2.24, 2.45) is 0 Å². The number of halogens is 2. The first-order valence-electron chi connectivity index (χ1n) is 4.92. The Hall–Kier alpha value is -0.260. The molecule has 0 amide bonds. The molecule has 0 aromatic rings. The van der Waals surface area contributed by atoms with Crippen LogP contribution in [0.15, 0.2) is 0 Å². The van der Waals surface area contributed by atoms with Crippen LogP contribution in [0.1, 0.15) is 13.3 Å². The Labute approximate surface area is 82.8 Å². The molecule has 0 bridgehead atoms. The zero-order chi connectivity index (χ0) is 10.4. The summed E-state index contributed by atoms with van der Waals surface area (Å²) in [6.45, 7) is 2.61. The maximum Gasteiger partial charge on any atom is 0.283 e. The predicted molar refractivity (Wildman–Crippen MR) is 48.7 cm³/mol. The molecule has 1 aliphatic rings.